The van der Waals surface area contributed by atoms with Gasteiger partial charge in [-0.2, -0.15) is 0 Å². The maximum absolute atomic E-state index is 12.0. The predicted octanol–water partition coefficient (Wildman–Crippen LogP) is 3.96. The summed E-state index contributed by atoms with van der Waals surface area (Å²) < 4.78 is 10.5. The van der Waals surface area contributed by atoms with E-state index in [0.29, 0.717) is 17.9 Å². The fourth-order valence-corrected chi connectivity index (χ4v) is 2.51. The standard InChI is InChI=1S/C15H16O3S/c1-3-17-13-6-4-12(5-7-13)14(16)10-19-15-8-9-18-11(15)2/h4-9H,3,10H2,1-2H3. The number of rotatable bonds is 6. The number of hydrogen-bond acceptors (Lipinski definition) is 4. The summed E-state index contributed by atoms with van der Waals surface area (Å²) in [5, 5.41) is 0. The van der Waals surface area contributed by atoms with Gasteiger partial charge in [-0.25, -0.2) is 0 Å². The van der Waals surface area contributed by atoms with Gasteiger partial charge in [-0.3, -0.25) is 4.79 Å². The highest BCUT2D eigenvalue weighted by molar-refractivity contribution is 8.00. The van der Waals surface area contributed by atoms with E-state index in [4.69, 9.17) is 9.15 Å². The second-order valence-corrected chi connectivity index (χ2v) is 5.03. The quantitative estimate of drug-likeness (QED) is 0.591. The van der Waals surface area contributed by atoms with Crippen molar-refractivity contribution in [2.75, 3.05) is 12.4 Å². The van der Waals surface area contributed by atoms with E-state index in [1.165, 1.54) is 11.8 Å². The van der Waals surface area contributed by atoms with Gasteiger partial charge in [0.1, 0.15) is 11.5 Å². The van der Waals surface area contributed by atoms with Gasteiger partial charge in [0, 0.05) is 10.5 Å². The fraction of sp³-hybridized carbons (Fsp3) is 0.267. The summed E-state index contributed by atoms with van der Waals surface area (Å²) in [6.45, 7) is 4.45. The minimum absolute atomic E-state index is 0.105. The second-order valence-electron chi connectivity index (χ2n) is 4.01. The van der Waals surface area contributed by atoms with Crippen LogP contribution in [0.25, 0.3) is 0 Å². The molecule has 100 valence electrons. The van der Waals surface area contributed by atoms with Crippen molar-refractivity contribution >= 4 is 17.5 Å². The SMILES string of the molecule is CCOc1ccc(C(=O)CSc2ccoc2C)cc1. The van der Waals surface area contributed by atoms with Crippen molar-refractivity contribution in [2.24, 2.45) is 0 Å². The molecule has 0 aliphatic heterocycles. The summed E-state index contributed by atoms with van der Waals surface area (Å²) in [6, 6.07) is 9.13. The first kappa shape index (κ1) is 13.7. The summed E-state index contributed by atoms with van der Waals surface area (Å²) in [5.41, 5.74) is 0.706. The van der Waals surface area contributed by atoms with Gasteiger partial charge in [0.2, 0.25) is 0 Å². The molecule has 0 aliphatic carbocycles. The van der Waals surface area contributed by atoms with E-state index >= 15 is 0 Å². The van der Waals surface area contributed by atoms with Gasteiger partial charge in [-0.1, -0.05) is 0 Å². The smallest absolute Gasteiger partial charge is 0.173 e. The van der Waals surface area contributed by atoms with Crippen LogP contribution in [0.5, 0.6) is 5.75 Å². The Morgan fingerprint density at radius 2 is 2.00 bits per heavy atom. The molecule has 0 N–H and O–H groups in total. The molecule has 0 spiro atoms. The van der Waals surface area contributed by atoms with Crippen LogP contribution in [0, 0.1) is 6.92 Å². The van der Waals surface area contributed by atoms with E-state index in [-0.39, 0.29) is 5.78 Å². The van der Waals surface area contributed by atoms with Gasteiger partial charge >= 0.3 is 0 Å². The van der Waals surface area contributed by atoms with E-state index < -0.39 is 0 Å². The number of carbonyl (C=O) groups is 1. The number of furan rings is 1. The van der Waals surface area contributed by atoms with Crippen LogP contribution >= 0.6 is 11.8 Å². The molecule has 1 aromatic heterocycles. The minimum atomic E-state index is 0.105. The molecule has 0 saturated carbocycles. The molecule has 4 heteroatoms. The summed E-state index contributed by atoms with van der Waals surface area (Å²) in [7, 11) is 0. The van der Waals surface area contributed by atoms with Crippen molar-refractivity contribution in [3.8, 4) is 5.75 Å². The van der Waals surface area contributed by atoms with Crippen molar-refractivity contribution < 1.29 is 13.9 Å². The van der Waals surface area contributed by atoms with Crippen LogP contribution in [-0.2, 0) is 0 Å². The summed E-state index contributed by atoms with van der Waals surface area (Å²) in [6.07, 6.45) is 1.64. The summed E-state index contributed by atoms with van der Waals surface area (Å²) >= 11 is 1.50. The Labute approximate surface area is 117 Å². The number of Topliss-reactive ketones (excluding diaryl/α,β-unsaturated/α-hetero) is 1. The number of carbonyl (C=O) groups excluding carboxylic acids is 1. The third kappa shape index (κ3) is 3.64. The Morgan fingerprint density at radius 3 is 2.58 bits per heavy atom. The van der Waals surface area contributed by atoms with Gasteiger partial charge in [0.05, 0.1) is 18.6 Å². The predicted molar refractivity (Wildman–Crippen MR) is 76.1 cm³/mol. The summed E-state index contributed by atoms with van der Waals surface area (Å²) in [4.78, 5) is 13.0. The molecule has 0 atom stereocenters. The third-order valence-corrected chi connectivity index (χ3v) is 3.80. The molecule has 1 heterocycles. The van der Waals surface area contributed by atoms with Crippen LogP contribution < -0.4 is 4.74 Å². The Kier molecular flexibility index (Phi) is 4.68. The first-order valence-electron chi connectivity index (χ1n) is 6.13. The Morgan fingerprint density at radius 1 is 1.26 bits per heavy atom. The molecule has 0 saturated heterocycles. The lowest BCUT2D eigenvalue weighted by atomic mass is 10.1. The van der Waals surface area contributed by atoms with Gasteiger partial charge < -0.3 is 9.15 Å². The Bertz CT molecular complexity index is 543. The third-order valence-electron chi connectivity index (χ3n) is 2.66. The van der Waals surface area contributed by atoms with Crippen LogP contribution in [0.4, 0.5) is 0 Å². The molecule has 0 aliphatic rings. The number of benzene rings is 1. The van der Waals surface area contributed by atoms with Crippen LogP contribution in [-0.4, -0.2) is 18.1 Å². The van der Waals surface area contributed by atoms with Crippen LogP contribution in [0.2, 0.25) is 0 Å². The minimum Gasteiger partial charge on any atom is -0.494 e. The molecule has 0 bridgehead atoms. The molecule has 3 nitrogen and oxygen atoms in total. The van der Waals surface area contributed by atoms with Gasteiger partial charge in [0.25, 0.3) is 0 Å². The van der Waals surface area contributed by atoms with E-state index in [2.05, 4.69) is 0 Å². The number of hydrogen-bond donors (Lipinski definition) is 0. The molecule has 19 heavy (non-hydrogen) atoms. The summed E-state index contributed by atoms with van der Waals surface area (Å²) in [5.74, 6) is 2.16. The molecular weight excluding hydrogens is 260 g/mol. The lowest BCUT2D eigenvalue weighted by Crippen LogP contribution is -2.02. The molecule has 0 unspecified atom stereocenters. The van der Waals surface area contributed by atoms with Crippen LogP contribution in [0.1, 0.15) is 23.0 Å². The monoisotopic (exact) mass is 276 g/mol. The van der Waals surface area contributed by atoms with Gasteiger partial charge in [-0.15, -0.1) is 11.8 Å². The van der Waals surface area contributed by atoms with Crippen molar-refractivity contribution in [1.82, 2.24) is 0 Å². The first-order chi connectivity index (χ1) is 9.20. The molecule has 2 rings (SSSR count). The number of aryl methyl sites for hydroxylation is 1. The average molecular weight is 276 g/mol. The van der Waals surface area contributed by atoms with Crippen LogP contribution in [0.3, 0.4) is 0 Å². The second kappa shape index (κ2) is 6.48. The zero-order valence-corrected chi connectivity index (χ0v) is 11.8. The maximum Gasteiger partial charge on any atom is 0.173 e. The van der Waals surface area contributed by atoms with Crippen LogP contribution in [0.15, 0.2) is 45.9 Å². The molecule has 1 aromatic carbocycles. The first-order valence-corrected chi connectivity index (χ1v) is 7.12. The molecule has 0 amide bonds. The van der Waals surface area contributed by atoms with Crippen molar-refractivity contribution in [1.29, 1.82) is 0 Å². The molecule has 0 radical (unpaired) electrons. The topological polar surface area (TPSA) is 39.4 Å². The van der Waals surface area contributed by atoms with Crippen molar-refractivity contribution in [2.45, 2.75) is 18.7 Å². The van der Waals surface area contributed by atoms with E-state index in [9.17, 15) is 4.79 Å². The van der Waals surface area contributed by atoms with Crippen molar-refractivity contribution in [3.63, 3.8) is 0 Å². The number of thioether (sulfide) groups is 1. The lowest BCUT2D eigenvalue weighted by Gasteiger charge is -2.04. The van der Waals surface area contributed by atoms with E-state index in [1.54, 1.807) is 18.4 Å². The molecule has 0 fully saturated rings. The largest absolute Gasteiger partial charge is 0.494 e. The molecule has 2 aromatic rings. The van der Waals surface area contributed by atoms with E-state index in [0.717, 1.165) is 16.4 Å². The fourth-order valence-electron chi connectivity index (χ4n) is 1.65. The van der Waals surface area contributed by atoms with Crippen molar-refractivity contribution in [3.05, 3.63) is 47.9 Å². The zero-order valence-electron chi connectivity index (χ0n) is 11.0. The number of ketones is 1. The molecular formula is C15H16O3S. The Hall–Kier alpha value is -1.68. The highest BCUT2D eigenvalue weighted by Gasteiger charge is 2.09. The zero-order chi connectivity index (χ0) is 13.7. The lowest BCUT2D eigenvalue weighted by molar-refractivity contribution is 0.102. The van der Waals surface area contributed by atoms with Gasteiger partial charge in [0.15, 0.2) is 5.78 Å². The average Bonchev–Trinajstić information content (AvgIpc) is 2.83. The number of ether oxygens (including phenoxy) is 1. The van der Waals surface area contributed by atoms with Gasteiger partial charge in [-0.05, 0) is 44.2 Å². The normalized spacial score (nSPS) is 10.4. The maximum atomic E-state index is 12.0. The highest BCUT2D eigenvalue weighted by Crippen LogP contribution is 2.24. The Balaban J connectivity index is 1.94. The van der Waals surface area contributed by atoms with E-state index in [1.807, 2.05) is 32.0 Å². The highest BCUT2D eigenvalue weighted by atomic mass is 32.2.